The summed E-state index contributed by atoms with van der Waals surface area (Å²) in [7, 11) is 5.90. The molecule has 0 bridgehead atoms. The molecule has 0 saturated heterocycles. The van der Waals surface area contributed by atoms with Gasteiger partial charge < -0.3 is 15.5 Å². The second-order valence-corrected chi connectivity index (χ2v) is 4.76. The van der Waals surface area contributed by atoms with Crippen LogP contribution in [0.5, 0.6) is 0 Å². The summed E-state index contributed by atoms with van der Waals surface area (Å²) < 4.78 is 0. The van der Waals surface area contributed by atoms with E-state index in [-0.39, 0.29) is 17.9 Å². The molecule has 0 heterocycles. The van der Waals surface area contributed by atoms with Crippen molar-refractivity contribution >= 4 is 5.91 Å². The van der Waals surface area contributed by atoms with E-state index in [1.165, 1.54) is 0 Å². The maximum absolute atomic E-state index is 12.0. The van der Waals surface area contributed by atoms with Gasteiger partial charge in [-0.05, 0) is 26.9 Å². The molecule has 1 amide bonds. The molecule has 15 heavy (non-hydrogen) atoms. The van der Waals surface area contributed by atoms with Crippen LogP contribution in [0.15, 0.2) is 0 Å². The van der Waals surface area contributed by atoms with Crippen molar-refractivity contribution in [2.24, 2.45) is 11.7 Å². The van der Waals surface area contributed by atoms with Gasteiger partial charge in [0.1, 0.15) is 0 Å². The molecule has 88 valence electrons. The van der Waals surface area contributed by atoms with E-state index in [0.29, 0.717) is 0 Å². The first-order valence-electron chi connectivity index (χ1n) is 5.67. The summed E-state index contributed by atoms with van der Waals surface area (Å²) in [5.74, 6) is 0.291. The Hall–Kier alpha value is -0.610. The Labute approximate surface area is 92.4 Å². The summed E-state index contributed by atoms with van der Waals surface area (Å²) in [6, 6.07) is 0.0827. The number of nitrogens with zero attached hydrogens (tertiary/aromatic N) is 2. The zero-order chi connectivity index (χ0) is 11.4. The highest BCUT2D eigenvalue weighted by Gasteiger charge is 2.31. The number of hydrogen-bond acceptors (Lipinski definition) is 3. The molecule has 0 aromatic rings. The Kier molecular flexibility index (Phi) is 4.54. The van der Waals surface area contributed by atoms with Crippen molar-refractivity contribution in [1.29, 1.82) is 0 Å². The summed E-state index contributed by atoms with van der Waals surface area (Å²) in [6.45, 7) is 1.69. The number of carbonyl (C=O) groups excluding carboxylic acids is 1. The lowest BCUT2D eigenvalue weighted by atomic mass is 10.0. The maximum Gasteiger partial charge on any atom is 0.227 e. The first kappa shape index (κ1) is 12.5. The van der Waals surface area contributed by atoms with E-state index in [4.69, 9.17) is 5.73 Å². The minimum Gasteiger partial charge on any atom is -0.344 e. The zero-order valence-corrected chi connectivity index (χ0v) is 10.1. The van der Waals surface area contributed by atoms with E-state index in [1.807, 2.05) is 26.0 Å². The molecule has 2 N–H and O–H groups in total. The van der Waals surface area contributed by atoms with E-state index in [0.717, 1.165) is 32.4 Å². The van der Waals surface area contributed by atoms with Gasteiger partial charge in [0, 0.05) is 26.2 Å². The summed E-state index contributed by atoms with van der Waals surface area (Å²) in [5.41, 5.74) is 5.92. The van der Waals surface area contributed by atoms with Gasteiger partial charge in [-0.25, -0.2) is 0 Å². The molecule has 2 atom stereocenters. The molecule has 0 aromatic carbocycles. The molecule has 2 unspecified atom stereocenters. The van der Waals surface area contributed by atoms with Crippen molar-refractivity contribution in [3.05, 3.63) is 0 Å². The fraction of sp³-hybridized carbons (Fsp3) is 0.909. The predicted molar refractivity (Wildman–Crippen MR) is 61.5 cm³/mol. The number of hydrogen-bond donors (Lipinski definition) is 1. The van der Waals surface area contributed by atoms with E-state index in [1.54, 1.807) is 0 Å². The minimum absolute atomic E-state index is 0.0668. The highest BCUT2D eigenvalue weighted by Crippen LogP contribution is 2.25. The van der Waals surface area contributed by atoms with Gasteiger partial charge in [-0.3, -0.25) is 4.79 Å². The molecule has 1 aliphatic rings. The number of likely N-dealkylation sites (N-methyl/N-ethyl adjacent to an activating group) is 2. The number of rotatable bonds is 4. The predicted octanol–water partition coefficient (Wildman–Crippen LogP) is 0.134. The Morgan fingerprint density at radius 1 is 1.27 bits per heavy atom. The van der Waals surface area contributed by atoms with Crippen LogP contribution in [0.4, 0.5) is 0 Å². The van der Waals surface area contributed by atoms with Gasteiger partial charge in [0.05, 0.1) is 5.92 Å². The number of amides is 1. The number of carbonyl (C=O) groups is 1. The molecule has 1 aliphatic carbocycles. The highest BCUT2D eigenvalue weighted by atomic mass is 16.2. The Balaban J connectivity index is 2.38. The van der Waals surface area contributed by atoms with E-state index >= 15 is 0 Å². The molecule has 4 nitrogen and oxygen atoms in total. The lowest BCUT2D eigenvalue weighted by Crippen LogP contribution is -2.42. The van der Waals surface area contributed by atoms with Crippen LogP contribution in [0.3, 0.4) is 0 Å². The quantitative estimate of drug-likeness (QED) is 0.722. The zero-order valence-electron chi connectivity index (χ0n) is 10.1. The fourth-order valence-corrected chi connectivity index (χ4v) is 2.04. The van der Waals surface area contributed by atoms with Crippen LogP contribution in [-0.4, -0.2) is 56.0 Å². The van der Waals surface area contributed by atoms with Crippen LogP contribution in [0.2, 0.25) is 0 Å². The molecule has 1 rings (SSSR count). The van der Waals surface area contributed by atoms with Crippen molar-refractivity contribution in [1.82, 2.24) is 9.80 Å². The van der Waals surface area contributed by atoms with Gasteiger partial charge in [0.2, 0.25) is 5.91 Å². The van der Waals surface area contributed by atoms with Crippen molar-refractivity contribution < 1.29 is 4.79 Å². The molecular formula is C11H23N3O. The van der Waals surface area contributed by atoms with E-state index in [9.17, 15) is 4.79 Å². The van der Waals surface area contributed by atoms with E-state index in [2.05, 4.69) is 4.90 Å². The van der Waals surface area contributed by atoms with Gasteiger partial charge in [-0.15, -0.1) is 0 Å². The summed E-state index contributed by atoms with van der Waals surface area (Å²) >= 11 is 0. The summed E-state index contributed by atoms with van der Waals surface area (Å²) in [4.78, 5) is 15.9. The smallest absolute Gasteiger partial charge is 0.227 e. The van der Waals surface area contributed by atoms with Crippen LogP contribution >= 0.6 is 0 Å². The average molecular weight is 213 g/mol. The van der Waals surface area contributed by atoms with Crippen LogP contribution in [0.25, 0.3) is 0 Å². The molecule has 1 fully saturated rings. The summed E-state index contributed by atoms with van der Waals surface area (Å²) in [5, 5.41) is 0. The number of nitrogens with two attached hydrogens (primary N) is 1. The first-order valence-corrected chi connectivity index (χ1v) is 5.67. The largest absolute Gasteiger partial charge is 0.344 e. The topological polar surface area (TPSA) is 49.6 Å². The van der Waals surface area contributed by atoms with Crippen LogP contribution in [0.1, 0.15) is 19.3 Å². The van der Waals surface area contributed by atoms with Gasteiger partial charge >= 0.3 is 0 Å². The van der Waals surface area contributed by atoms with Crippen molar-refractivity contribution in [3.63, 3.8) is 0 Å². The molecule has 0 aliphatic heterocycles. The average Bonchev–Trinajstić information content (AvgIpc) is 2.59. The monoisotopic (exact) mass is 213 g/mol. The Bertz CT molecular complexity index is 218. The van der Waals surface area contributed by atoms with Crippen molar-refractivity contribution in [2.45, 2.75) is 25.3 Å². The van der Waals surface area contributed by atoms with Gasteiger partial charge in [0.25, 0.3) is 0 Å². The highest BCUT2D eigenvalue weighted by molar-refractivity contribution is 5.79. The third-order valence-corrected chi connectivity index (χ3v) is 3.15. The Morgan fingerprint density at radius 3 is 2.40 bits per heavy atom. The van der Waals surface area contributed by atoms with Gasteiger partial charge in [-0.2, -0.15) is 0 Å². The SMILES string of the molecule is CN(C)CCN(C)C(=O)C1CCCC1N. The van der Waals surface area contributed by atoms with Crippen LogP contribution < -0.4 is 5.73 Å². The van der Waals surface area contributed by atoms with E-state index < -0.39 is 0 Å². The third kappa shape index (κ3) is 3.47. The van der Waals surface area contributed by atoms with Crippen LogP contribution in [0, 0.1) is 5.92 Å². The fourth-order valence-electron chi connectivity index (χ4n) is 2.04. The summed E-state index contributed by atoms with van der Waals surface area (Å²) in [6.07, 6.45) is 3.06. The Morgan fingerprint density at radius 2 is 1.93 bits per heavy atom. The molecular weight excluding hydrogens is 190 g/mol. The molecule has 1 saturated carbocycles. The third-order valence-electron chi connectivity index (χ3n) is 3.15. The normalized spacial score (nSPS) is 25.9. The van der Waals surface area contributed by atoms with Gasteiger partial charge in [-0.1, -0.05) is 6.42 Å². The molecule has 4 heteroatoms. The standard InChI is InChI=1S/C11H23N3O/c1-13(2)7-8-14(3)11(15)9-5-4-6-10(9)12/h9-10H,4-8,12H2,1-3H3. The van der Waals surface area contributed by atoms with Crippen molar-refractivity contribution in [2.75, 3.05) is 34.2 Å². The van der Waals surface area contributed by atoms with Gasteiger partial charge in [0.15, 0.2) is 0 Å². The molecule has 0 spiro atoms. The minimum atomic E-state index is 0.0668. The second kappa shape index (κ2) is 5.47. The first-order chi connectivity index (χ1) is 7.02. The maximum atomic E-state index is 12.0. The molecule has 0 aromatic heterocycles. The molecule has 0 radical (unpaired) electrons. The lowest BCUT2D eigenvalue weighted by molar-refractivity contribution is -0.134. The van der Waals surface area contributed by atoms with Crippen molar-refractivity contribution in [3.8, 4) is 0 Å². The lowest BCUT2D eigenvalue weighted by Gasteiger charge is -2.24. The van der Waals surface area contributed by atoms with Crippen LogP contribution in [-0.2, 0) is 4.79 Å². The second-order valence-electron chi connectivity index (χ2n) is 4.76.